The number of hydrogen-bond donors (Lipinski definition) is 1. The number of rotatable bonds is 5. The first-order valence-corrected chi connectivity index (χ1v) is 7.10. The largest absolute Gasteiger partial charge is 0.478 e. The van der Waals surface area contributed by atoms with Crippen LogP contribution in [0.4, 0.5) is 0 Å². The first-order valence-electron chi connectivity index (χ1n) is 6.28. The molecule has 1 aromatic heterocycles. The quantitative estimate of drug-likeness (QED) is 0.849. The number of carboxylic acid groups (broad SMARTS) is 1. The Bertz CT molecular complexity index is 660. The maximum Gasteiger partial charge on any atom is 0.374 e. The van der Waals surface area contributed by atoms with Gasteiger partial charge in [0.05, 0.1) is 11.7 Å². The molecule has 0 radical (unpaired) electrons. The molecule has 2 rings (SSSR count). The van der Waals surface area contributed by atoms with Crippen LogP contribution in [0.5, 0.6) is 0 Å². The highest BCUT2D eigenvalue weighted by Crippen LogP contribution is 2.32. The summed E-state index contributed by atoms with van der Waals surface area (Å²) in [6.45, 7) is 3.50. The second-order valence-corrected chi connectivity index (χ2v) is 5.52. The Labute approximate surface area is 125 Å². The topological polar surface area (TPSA) is 76.7 Å². The molecule has 0 unspecified atom stereocenters. The summed E-state index contributed by atoms with van der Waals surface area (Å²) in [7, 11) is 0. The van der Waals surface area contributed by atoms with Crippen LogP contribution in [0.1, 0.15) is 34.8 Å². The van der Waals surface area contributed by atoms with Crippen LogP contribution in [0.3, 0.4) is 0 Å². The minimum Gasteiger partial charge on any atom is -0.478 e. The lowest BCUT2D eigenvalue weighted by Crippen LogP contribution is -2.10. The van der Waals surface area contributed by atoms with Crippen LogP contribution in [0, 0.1) is 0 Å². The van der Waals surface area contributed by atoms with Crippen LogP contribution < -0.4 is 0 Å². The zero-order valence-electron chi connectivity index (χ0n) is 11.5. The average molecular weight is 306 g/mol. The average Bonchev–Trinajstić information content (AvgIpc) is 2.87. The van der Waals surface area contributed by atoms with Gasteiger partial charge in [-0.3, -0.25) is 0 Å². The predicted octanol–water partition coefficient (Wildman–Crippen LogP) is 3.69. The van der Waals surface area contributed by atoms with E-state index in [4.69, 9.17) is 14.3 Å². The van der Waals surface area contributed by atoms with Crippen LogP contribution in [0.25, 0.3) is 0 Å². The molecular weight excluding hydrogens is 292 g/mol. The first-order chi connectivity index (χ1) is 9.97. The summed E-state index contributed by atoms with van der Waals surface area (Å²) in [6, 6.07) is 9.72. The number of furan rings is 1. The van der Waals surface area contributed by atoms with E-state index in [1.165, 1.54) is 12.1 Å². The molecule has 110 valence electrons. The van der Waals surface area contributed by atoms with Crippen molar-refractivity contribution in [2.24, 2.45) is 0 Å². The van der Waals surface area contributed by atoms with Crippen molar-refractivity contribution in [1.82, 2.24) is 0 Å². The van der Waals surface area contributed by atoms with Crippen molar-refractivity contribution < 1.29 is 23.8 Å². The molecule has 0 saturated carbocycles. The van der Waals surface area contributed by atoms with Crippen molar-refractivity contribution in [2.45, 2.75) is 29.9 Å². The highest BCUT2D eigenvalue weighted by atomic mass is 32.2. The highest BCUT2D eigenvalue weighted by Gasteiger charge is 2.16. The summed E-state index contributed by atoms with van der Waals surface area (Å²) in [6.07, 6.45) is -0.230. The number of carbonyl (C=O) groups is 2. The van der Waals surface area contributed by atoms with E-state index >= 15 is 0 Å². The maximum atomic E-state index is 11.7. The lowest BCUT2D eigenvalue weighted by Gasteiger charge is -2.05. The molecular formula is C15H14O5S. The van der Waals surface area contributed by atoms with Gasteiger partial charge in [0.15, 0.2) is 5.09 Å². The zero-order chi connectivity index (χ0) is 15.4. The molecule has 0 aliphatic carbocycles. The van der Waals surface area contributed by atoms with Crippen LogP contribution in [-0.4, -0.2) is 23.1 Å². The fraction of sp³-hybridized carbons (Fsp3) is 0.200. The summed E-state index contributed by atoms with van der Waals surface area (Å²) >= 11 is 1.14. The lowest BCUT2D eigenvalue weighted by atomic mass is 10.2. The van der Waals surface area contributed by atoms with E-state index in [-0.39, 0.29) is 17.4 Å². The van der Waals surface area contributed by atoms with Crippen molar-refractivity contribution in [1.29, 1.82) is 0 Å². The van der Waals surface area contributed by atoms with Gasteiger partial charge in [0, 0.05) is 4.90 Å². The van der Waals surface area contributed by atoms with E-state index in [9.17, 15) is 9.59 Å². The fourth-order valence-electron chi connectivity index (χ4n) is 1.60. The molecule has 0 amide bonds. The van der Waals surface area contributed by atoms with Gasteiger partial charge in [-0.1, -0.05) is 23.9 Å². The molecule has 1 N–H and O–H groups in total. The minimum absolute atomic E-state index is 0.0963. The molecule has 5 nitrogen and oxygen atoms in total. The van der Waals surface area contributed by atoms with Gasteiger partial charge < -0.3 is 14.3 Å². The number of hydrogen-bond acceptors (Lipinski definition) is 5. The summed E-state index contributed by atoms with van der Waals surface area (Å²) < 4.78 is 10.4. The Kier molecular flexibility index (Phi) is 4.70. The summed E-state index contributed by atoms with van der Waals surface area (Å²) in [5.74, 6) is -1.45. The van der Waals surface area contributed by atoms with Gasteiger partial charge in [0.25, 0.3) is 0 Å². The fourth-order valence-corrected chi connectivity index (χ4v) is 2.49. The summed E-state index contributed by atoms with van der Waals surface area (Å²) in [5.41, 5.74) is 0.185. The van der Waals surface area contributed by atoms with E-state index in [1.54, 1.807) is 38.1 Å². The van der Waals surface area contributed by atoms with Gasteiger partial charge in [0.1, 0.15) is 0 Å². The molecule has 0 fully saturated rings. The molecule has 1 aromatic carbocycles. The predicted molar refractivity (Wildman–Crippen MR) is 76.8 cm³/mol. The molecule has 21 heavy (non-hydrogen) atoms. The Hall–Kier alpha value is -2.21. The molecule has 0 spiro atoms. The van der Waals surface area contributed by atoms with Crippen LogP contribution >= 0.6 is 11.8 Å². The van der Waals surface area contributed by atoms with Gasteiger partial charge in [-0.05, 0) is 38.1 Å². The van der Waals surface area contributed by atoms with Gasteiger partial charge in [-0.2, -0.15) is 0 Å². The van der Waals surface area contributed by atoms with Crippen LogP contribution in [0.2, 0.25) is 0 Å². The van der Waals surface area contributed by atoms with Crippen molar-refractivity contribution >= 4 is 23.7 Å². The van der Waals surface area contributed by atoms with E-state index < -0.39 is 11.9 Å². The molecule has 0 atom stereocenters. The van der Waals surface area contributed by atoms with Gasteiger partial charge in [-0.15, -0.1) is 0 Å². The Morgan fingerprint density at radius 3 is 2.57 bits per heavy atom. The third-order valence-corrected chi connectivity index (χ3v) is 3.45. The second-order valence-electron chi connectivity index (χ2n) is 4.48. The normalized spacial score (nSPS) is 10.6. The molecule has 0 aliphatic heterocycles. The molecule has 6 heteroatoms. The maximum absolute atomic E-state index is 11.7. The number of carboxylic acids is 1. The van der Waals surface area contributed by atoms with E-state index in [0.717, 1.165) is 11.8 Å². The van der Waals surface area contributed by atoms with E-state index in [2.05, 4.69) is 0 Å². The third-order valence-electron chi connectivity index (χ3n) is 2.45. The molecule has 0 aliphatic rings. The first kappa shape index (κ1) is 15.2. The number of carbonyl (C=O) groups excluding carboxylic acids is 1. The second kappa shape index (κ2) is 6.49. The van der Waals surface area contributed by atoms with E-state index in [0.29, 0.717) is 9.99 Å². The minimum atomic E-state index is -1.01. The number of benzene rings is 1. The van der Waals surface area contributed by atoms with Crippen molar-refractivity contribution in [3.8, 4) is 0 Å². The zero-order valence-corrected chi connectivity index (χ0v) is 12.3. The van der Waals surface area contributed by atoms with Gasteiger partial charge in [0.2, 0.25) is 5.76 Å². The molecule has 0 saturated heterocycles. The van der Waals surface area contributed by atoms with Crippen molar-refractivity contribution in [2.75, 3.05) is 0 Å². The third kappa shape index (κ3) is 3.88. The number of aromatic carboxylic acids is 1. The van der Waals surface area contributed by atoms with E-state index in [1.807, 2.05) is 0 Å². The summed E-state index contributed by atoms with van der Waals surface area (Å²) in [5, 5.41) is 9.55. The van der Waals surface area contributed by atoms with Crippen LogP contribution in [-0.2, 0) is 4.74 Å². The SMILES string of the molecule is CC(C)OC(=O)c1ccc(Sc2ccccc2C(=O)O)o1. The highest BCUT2D eigenvalue weighted by molar-refractivity contribution is 7.99. The number of ether oxygens (including phenoxy) is 1. The standard InChI is InChI=1S/C15H14O5S/c1-9(2)19-15(18)11-7-8-13(20-11)21-12-6-4-3-5-10(12)14(16)17/h3-9H,1-2H3,(H,16,17). The van der Waals surface area contributed by atoms with Crippen LogP contribution in [0.15, 0.2) is 50.8 Å². The number of esters is 1. The van der Waals surface area contributed by atoms with Gasteiger partial charge in [-0.25, -0.2) is 9.59 Å². The van der Waals surface area contributed by atoms with Crippen molar-refractivity contribution in [3.05, 3.63) is 47.7 Å². The molecule has 0 bridgehead atoms. The summed E-state index contributed by atoms with van der Waals surface area (Å²) in [4.78, 5) is 23.3. The van der Waals surface area contributed by atoms with Gasteiger partial charge >= 0.3 is 11.9 Å². The Balaban J connectivity index is 2.17. The molecule has 1 heterocycles. The smallest absolute Gasteiger partial charge is 0.374 e. The lowest BCUT2D eigenvalue weighted by molar-refractivity contribution is 0.0335. The Morgan fingerprint density at radius 2 is 1.90 bits per heavy atom. The van der Waals surface area contributed by atoms with Crippen molar-refractivity contribution in [3.63, 3.8) is 0 Å². The Morgan fingerprint density at radius 1 is 1.19 bits per heavy atom. The molecule has 2 aromatic rings. The monoisotopic (exact) mass is 306 g/mol.